The van der Waals surface area contributed by atoms with E-state index >= 15 is 0 Å². The minimum atomic E-state index is -3.74. The number of rotatable bonds is 4. The molecule has 0 fully saturated rings. The molecule has 5 nitrogen and oxygen atoms in total. The third-order valence-corrected chi connectivity index (χ3v) is 5.06. The Hall–Kier alpha value is -1.63. The largest absolute Gasteiger partial charge is 0.478 e. The van der Waals surface area contributed by atoms with Gasteiger partial charge in [-0.25, -0.2) is 13.2 Å². The van der Waals surface area contributed by atoms with E-state index in [9.17, 15) is 13.2 Å². The lowest BCUT2D eigenvalue weighted by atomic mass is 10.2. The summed E-state index contributed by atoms with van der Waals surface area (Å²) in [7, 11) is -3.74. The van der Waals surface area contributed by atoms with Gasteiger partial charge in [0.2, 0.25) is 0 Å². The molecule has 2 aromatic rings. The minimum absolute atomic E-state index is 0.0246. The number of hydrogen-bond acceptors (Lipinski definition) is 4. The molecule has 0 saturated carbocycles. The topological polar surface area (TPSA) is 84.3 Å². The SMILES string of the molecule is O=C(O)c1cc(S(=O)(=O)Cc2ccncc2Cl)ccc1Cl. The van der Waals surface area contributed by atoms with Crippen LogP contribution < -0.4 is 0 Å². The summed E-state index contributed by atoms with van der Waals surface area (Å²) in [5, 5.41) is 9.19. The number of carboxylic acids is 1. The van der Waals surface area contributed by atoms with Gasteiger partial charge in [-0.05, 0) is 29.8 Å². The van der Waals surface area contributed by atoms with Crippen molar-refractivity contribution < 1.29 is 18.3 Å². The van der Waals surface area contributed by atoms with Crippen LogP contribution in [-0.4, -0.2) is 24.5 Å². The second-order valence-corrected chi connectivity index (χ2v) is 6.98. The van der Waals surface area contributed by atoms with Crippen molar-refractivity contribution in [3.63, 3.8) is 0 Å². The van der Waals surface area contributed by atoms with Crippen LogP contribution in [0.15, 0.2) is 41.6 Å². The molecule has 1 heterocycles. The zero-order valence-electron chi connectivity index (χ0n) is 10.5. The van der Waals surface area contributed by atoms with Crippen molar-refractivity contribution in [2.75, 3.05) is 0 Å². The fraction of sp³-hybridized carbons (Fsp3) is 0.0769. The predicted octanol–water partition coefficient (Wildman–Crippen LogP) is 3.06. The third kappa shape index (κ3) is 3.53. The lowest BCUT2D eigenvalue weighted by Gasteiger charge is -2.07. The number of aromatic carboxylic acids is 1. The van der Waals surface area contributed by atoms with Crippen LogP contribution in [0.4, 0.5) is 0 Å². The molecule has 0 amide bonds. The molecular formula is C13H9Cl2NO4S. The van der Waals surface area contributed by atoms with Crippen molar-refractivity contribution in [2.24, 2.45) is 0 Å². The summed E-state index contributed by atoms with van der Waals surface area (Å²) in [6.45, 7) is 0. The summed E-state index contributed by atoms with van der Waals surface area (Å²) in [4.78, 5) is 14.7. The Labute approximate surface area is 131 Å². The Kier molecular flexibility index (Phi) is 4.51. The normalized spacial score (nSPS) is 11.3. The monoisotopic (exact) mass is 345 g/mol. The van der Waals surface area contributed by atoms with Crippen LogP contribution in [0.1, 0.15) is 15.9 Å². The highest BCUT2D eigenvalue weighted by Crippen LogP contribution is 2.25. The molecule has 0 bridgehead atoms. The van der Waals surface area contributed by atoms with E-state index in [1.165, 1.54) is 30.6 Å². The Morgan fingerprint density at radius 2 is 1.90 bits per heavy atom. The average molecular weight is 346 g/mol. The molecule has 8 heteroatoms. The highest BCUT2D eigenvalue weighted by atomic mass is 35.5. The Balaban J connectivity index is 2.43. The van der Waals surface area contributed by atoms with E-state index < -0.39 is 15.8 Å². The standard InChI is InChI=1S/C13H9Cl2NO4S/c14-11-2-1-9(5-10(11)13(17)18)21(19,20)7-8-3-4-16-6-12(8)15/h1-6H,7H2,(H,17,18). The first-order valence-corrected chi connectivity index (χ1v) is 8.06. The van der Waals surface area contributed by atoms with Crippen LogP contribution in [0.5, 0.6) is 0 Å². The Bertz CT molecular complexity index is 806. The number of halogens is 2. The number of pyridine rings is 1. The minimum Gasteiger partial charge on any atom is -0.478 e. The summed E-state index contributed by atoms with van der Waals surface area (Å²) < 4.78 is 24.6. The van der Waals surface area contributed by atoms with Gasteiger partial charge < -0.3 is 5.11 Å². The fourth-order valence-electron chi connectivity index (χ4n) is 1.67. The van der Waals surface area contributed by atoms with Crippen LogP contribution in [0.3, 0.4) is 0 Å². The van der Waals surface area contributed by atoms with E-state index in [4.69, 9.17) is 28.3 Å². The van der Waals surface area contributed by atoms with E-state index in [-0.39, 0.29) is 26.3 Å². The molecule has 1 aromatic carbocycles. The van der Waals surface area contributed by atoms with Gasteiger partial charge in [-0.1, -0.05) is 23.2 Å². The molecule has 110 valence electrons. The predicted molar refractivity (Wildman–Crippen MR) is 78.5 cm³/mol. The number of aromatic nitrogens is 1. The van der Waals surface area contributed by atoms with E-state index in [2.05, 4.69) is 4.98 Å². The van der Waals surface area contributed by atoms with Crippen molar-refractivity contribution in [3.05, 3.63) is 57.8 Å². The maximum atomic E-state index is 12.3. The van der Waals surface area contributed by atoms with Gasteiger partial charge in [-0.2, -0.15) is 0 Å². The van der Waals surface area contributed by atoms with Gasteiger partial charge in [0.25, 0.3) is 0 Å². The first kappa shape index (κ1) is 15.8. The summed E-state index contributed by atoms with van der Waals surface area (Å²) >= 11 is 11.6. The molecule has 0 aliphatic heterocycles. The van der Waals surface area contributed by atoms with Crippen LogP contribution in [-0.2, 0) is 15.6 Å². The van der Waals surface area contributed by atoms with Crippen molar-refractivity contribution in [3.8, 4) is 0 Å². The van der Waals surface area contributed by atoms with Crippen molar-refractivity contribution in [1.82, 2.24) is 4.98 Å². The van der Waals surface area contributed by atoms with E-state index in [0.717, 1.165) is 6.07 Å². The first-order chi connectivity index (χ1) is 9.81. The van der Waals surface area contributed by atoms with Crippen LogP contribution in [0, 0.1) is 0 Å². The molecule has 0 atom stereocenters. The van der Waals surface area contributed by atoms with Crippen molar-refractivity contribution in [2.45, 2.75) is 10.6 Å². The quantitative estimate of drug-likeness (QED) is 0.920. The summed E-state index contributed by atoms with van der Waals surface area (Å²) in [5.74, 6) is -1.64. The van der Waals surface area contributed by atoms with Gasteiger partial charge in [0.15, 0.2) is 9.84 Å². The van der Waals surface area contributed by atoms with Gasteiger partial charge in [-0.15, -0.1) is 0 Å². The molecule has 0 unspecified atom stereocenters. The van der Waals surface area contributed by atoms with E-state index in [1.807, 2.05) is 0 Å². The van der Waals surface area contributed by atoms with E-state index in [1.54, 1.807) is 0 Å². The van der Waals surface area contributed by atoms with Gasteiger partial charge in [0.05, 0.1) is 26.3 Å². The van der Waals surface area contributed by atoms with Gasteiger partial charge in [0, 0.05) is 12.4 Å². The maximum Gasteiger partial charge on any atom is 0.337 e. The number of benzene rings is 1. The number of hydrogen-bond donors (Lipinski definition) is 1. The van der Waals surface area contributed by atoms with E-state index in [0.29, 0.717) is 5.56 Å². The molecule has 1 aromatic heterocycles. The molecular weight excluding hydrogens is 337 g/mol. The van der Waals surface area contributed by atoms with Crippen molar-refractivity contribution in [1.29, 1.82) is 0 Å². The lowest BCUT2D eigenvalue weighted by Crippen LogP contribution is -2.08. The number of sulfone groups is 1. The lowest BCUT2D eigenvalue weighted by molar-refractivity contribution is 0.0697. The first-order valence-electron chi connectivity index (χ1n) is 5.65. The number of nitrogens with zero attached hydrogens (tertiary/aromatic N) is 1. The molecule has 21 heavy (non-hydrogen) atoms. The van der Waals surface area contributed by atoms with Gasteiger partial charge in [-0.3, -0.25) is 4.98 Å². The molecule has 1 N–H and O–H groups in total. The summed E-state index contributed by atoms with van der Waals surface area (Å²) in [5.41, 5.74) is 0.122. The smallest absolute Gasteiger partial charge is 0.337 e. The second kappa shape index (κ2) is 6.01. The zero-order valence-corrected chi connectivity index (χ0v) is 12.8. The average Bonchev–Trinajstić information content (AvgIpc) is 2.41. The molecule has 0 radical (unpaired) electrons. The number of carboxylic acid groups (broad SMARTS) is 1. The fourth-order valence-corrected chi connectivity index (χ4v) is 3.54. The van der Waals surface area contributed by atoms with Crippen LogP contribution in [0.25, 0.3) is 0 Å². The second-order valence-electron chi connectivity index (χ2n) is 4.17. The summed E-state index contributed by atoms with van der Waals surface area (Å²) in [6, 6.07) is 5.04. The summed E-state index contributed by atoms with van der Waals surface area (Å²) in [6.07, 6.45) is 2.78. The Morgan fingerprint density at radius 1 is 1.19 bits per heavy atom. The molecule has 0 spiro atoms. The van der Waals surface area contributed by atoms with Gasteiger partial charge >= 0.3 is 5.97 Å². The molecule has 0 saturated heterocycles. The van der Waals surface area contributed by atoms with Crippen LogP contribution in [0.2, 0.25) is 10.0 Å². The highest BCUT2D eigenvalue weighted by Gasteiger charge is 2.20. The maximum absolute atomic E-state index is 12.3. The molecule has 0 aliphatic carbocycles. The number of carbonyl (C=O) groups is 1. The Morgan fingerprint density at radius 3 is 2.52 bits per heavy atom. The zero-order chi connectivity index (χ0) is 15.6. The highest BCUT2D eigenvalue weighted by molar-refractivity contribution is 7.90. The third-order valence-electron chi connectivity index (χ3n) is 2.73. The molecule has 2 rings (SSSR count). The van der Waals surface area contributed by atoms with Crippen molar-refractivity contribution >= 4 is 39.0 Å². The molecule has 0 aliphatic rings. The van der Waals surface area contributed by atoms with Gasteiger partial charge in [0.1, 0.15) is 0 Å². The van der Waals surface area contributed by atoms with Crippen LogP contribution >= 0.6 is 23.2 Å².